The fourth-order valence-corrected chi connectivity index (χ4v) is 2.64. The molecule has 2 aromatic carbocycles. The normalized spacial score (nSPS) is 13.8. The molecule has 0 aliphatic heterocycles. The minimum absolute atomic E-state index is 0.332. The third-order valence-corrected chi connectivity index (χ3v) is 3.98. The third-order valence-electron chi connectivity index (χ3n) is 3.27. The van der Waals surface area contributed by atoms with Crippen LogP contribution < -0.4 is 4.74 Å². The zero-order valence-corrected chi connectivity index (χ0v) is 12.9. The van der Waals surface area contributed by atoms with Gasteiger partial charge in [-0.25, -0.2) is 0 Å². The lowest BCUT2D eigenvalue weighted by molar-refractivity contribution is 0.0574. The molecule has 0 aliphatic carbocycles. The molecule has 0 spiro atoms. The van der Waals surface area contributed by atoms with Crippen LogP contribution in [0.2, 0.25) is 10.0 Å². The van der Waals surface area contributed by atoms with Gasteiger partial charge in [-0.15, -0.1) is 0 Å². The highest BCUT2D eigenvalue weighted by molar-refractivity contribution is 6.36. The second kappa shape index (κ2) is 6.04. The zero-order chi connectivity index (χ0) is 14.8. The Morgan fingerprint density at radius 2 is 1.70 bits per heavy atom. The van der Waals surface area contributed by atoms with Crippen molar-refractivity contribution in [2.24, 2.45) is 0 Å². The maximum absolute atomic E-state index is 10.7. The van der Waals surface area contributed by atoms with E-state index in [1.807, 2.05) is 24.3 Å². The molecule has 0 aliphatic rings. The summed E-state index contributed by atoms with van der Waals surface area (Å²) in [5, 5.41) is 11.8. The van der Waals surface area contributed by atoms with Crippen LogP contribution >= 0.6 is 23.2 Å². The van der Waals surface area contributed by atoms with Crippen LogP contribution in [0.25, 0.3) is 0 Å². The Balaban J connectivity index is 2.35. The third kappa shape index (κ3) is 3.26. The molecule has 106 valence electrons. The van der Waals surface area contributed by atoms with Crippen LogP contribution in [0, 0.1) is 0 Å². The van der Waals surface area contributed by atoms with E-state index in [0.29, 0.717) is 22.2 Å². The average Bonchev–Trinajstić information content (AvgIpc) is 2.43. The predicted octanol–water partition coefficient (Wildman–Crippen LogP) is 4.45. The van der Waals surface area contributed by atoms with Crippen molar-refractivity contribution >= 4 is 23.2 Å². The van der Waals surface area contributed by atoms with Gasteiger partial charge in [0.1, 0.15) is 5.75 Å². The summed E-state index contributed by atoms with van der Waals surface area (Å²) in [6, 6.07) is 12.7. The lowest BCUT2D eigenvalue weighted by atomic mass is 9.89. The summed E-state index contributed by atoms with van der Waals surface area (Å²) in [5.74, 6) is 0.702. The van der Waals surface area contributed by atoms with Crippen molar-refractivity contribution in [3.8, 4) is 5.75 Å². The number of benzene rings is 2. The van der Waals surface area contributed by atoms with Crippen LogP contribution in [0.3, 0.4) is 0 Å². The molecule has 2 rings (SSSR count). The van der Waals surface area contributed by atoms with E-state index < -0.39 is 5.60 Å². The first kappa shape index (κ1) is 15.2. The predicted molar refractivity (Wildman–Crippen MR) is 82.7 cm³/mol. The Kier molecular flexibility index (Phi) is 4.59. The fourth-order valence-electron chi connectivity index (χ4n) is 2.11. The van der Waals surface area contributed by atoms with Gasteiger partial charge in [-0.2, -0.15) is 0 Å². The molecule has 0 fully saturated rings. The number of hydrogen-bond donors (Lipinski definition) is 1. The molecule has 1 atom stereocenters. The highest BCUT2D eigenvalue weighted by atomic mass is 35.5. The van der Waals surface area contributed by atoms with Crippen molar-refractivity contribution < 1.29 is 9.84 Å². The van der Waals surface area contributed by atoms with Gasteiger partial charge in [0.05, 0.1) is 12.7 Å². The number of hydrogen-bond acceptors (Lipinski definition) is 2. The molecule has 0 aromatic heterocycles. The molecule has 2 aromatic rings. The van der Waals surface area contributed by atoms with Crippen molar-refractivity contribution in [3.63, 3.8) is 0 Å². The van der Waals surface area contributed by atoms with Crippen LogP contribution in [-0.2, 0) is 12.0 Å². The van der Waals surface area contributed by atoms with Gasteiger partial charge in [0.25, 0.3) is 0 Å². The monoisotopic (exact) mass is 310 g/mol. The van der Waals surface area contributed by atoms with Gasteiger partial charge < -0.3 is 9.84 Å². The SMILES string of the molecule is COc1cccc(C(C)(O)Cc2c(Cl)cccc2Cl)c1. The van der Waals surface area contributed by atoms with Gasteiger partial charge in [-0.05, 0) is 42.3 Å². The Morgan fingerprint density at radius 1 is 1.10 bits per heavy atom. The van der Waals surface area contributed by atoms with E-state index in [9.17, 15) is 5.11 Å². The van der Waals surface area contributed by atoms with Crippen molar-refractivity contribution in [3.05, 3.63) is 63.6 Å². The molecular formula is C16H16Cl2O2. The second-order valence-corrected chi connectivity index (χ2v) is 5.70. The van der Waals surface area contributed by atoms with E-state index in [0.717, 1.165) is 11.1 Å². The molecule has 0 heterocycles. The van der Waals surface area contributed by atoms with Gasteiger partial charge in [0.2, 0.25) is 0 Å². The number of ether oxygens (including phenoxy) is 1. The van der Waals surface area contributed by atoms with Crippen LogP contribution in [0.4, 0.5) is 0 Å². The first-order valence-electron chi connectivity index (χ1n) is 6.24. The Hall–Kier alpha value is -1.22. The van der Waals surface area contributed by atoms with Crippen molar-refractivity contribution in [2.45, 2.75) is 18.9 Å². The molecule has 2 nitrogen and oxygen atoms in total. The first-order chi connectivity index (χ1) is 9.44. The zero-order valence-electron chi connectivity index (χ0n) is 11.4. The van der Waals surface area contributed by atoms with Crippen molar-refractivity contribution in [1.29, 1.82) is 0 Å². The van der Waals surface area contributed by atoms with Crippen molar-refractivity contribution in [2.75, 3.05) is 7.11 Å². The van der Waals surface area contributed by atoms with Gasteiger partial charge >= 0.3 is 0 Å². The summed E-state index contributed by atoms with van der Waals surface area (Å²) in [6.07, 6.45) is 0.332. The number of aliphatic hydroxyl groups is 1. The average molecular weight is 311 g/mol. The molecule has 1 unspecified atom stereocenters. The van der Waals surface area contributed by atoms with E-state index in [-0.39, 0.29) is 0 Å². The summed E-state index contributed by atoms with van der Waals surface area (Å²) in [4.78, 5) is 0. The van der Waals surface area contributed by atoms with Crippen LogP contribution in [0.1, 0.15) is 18.1 Å². The maximum atomic E-state index is 10.7. The quantitative estimate of drug-likeness (QED) is 0.904. The van der Waals surface area contributed by atoms with Gasteiger partial charge in [-0.1, -0.05) is 41.4 Å². The van der Waals surface area contributed by atoms with Gasteiger partial charge in [0.15, 0.2) is 0 Å². The summed E-state index contributed by atoms with van der Waals surface area (Å²) in [5.41, 5.74) is 0.417. The number of methoxy groups -OCH3 is 1. The van der Waals surface area contributed by atoms with Crippen molar-refractivity contribution in [1.82, 2.24) is 0 Å². The Labute approximate surface area is 128 Å². The Morgan fingerprint density at radius 3 is 2.30 bits per heavy atom. The molecule has 0 bridgehead atoms. The highest BCUT2D eigenvalue weighted by Crippen LogP contribution is 2.33. The van der Waals surface area contributed by atoms with Crippen LogP contribution in [0.5, 0.6) is 5.75 Å². The number of halogens is 2. The highest BCUT2D eigenvalue weighted by Gasteiger charge is 2.26. The van der Waals surface area contributed by atoms with Crippen LogP contribution in [-0.4, -0.2) is 12.2 Å². The second-order valence-electron chi connectivity index (χ2n) is 4.88. The Bertz CT molecular complexity index is 589. The molecule has 20 heavy (non-hydrogen) atoms. The minimum Gasteiger partial charge on any atom is -0.497 e. The lowest BCUT2D eigenvalue weighted by Gasteiger charge is -2.25. The lowest BCUT2D eigenvalue weighted by Crippen LogP contribution is -2.24. The molecule has 0 amide bonds. The first-order valence-corrected chi connectivity index (χ1v) is 6.99. The smallest absolute Gasteiger partial charge is 0.119 e. The van der Waals surface area contributed by atoms with Gasteiger partial charge in [-0.3, -0.25) is 0 Å². The van der Waals surface area contributed by atoms with E-state index in [2.05, 4.69) is 0 Å². The molecule has 0 saturated heterocycles. The molecule has 1 N–H and O–H groups in total. The van der Waals surface area contributed by atoms with Gasteiger partial charge in [0, 0.05) is 16.5 Å². The van der Waals surface area contributed by atoms with Crippen LogP contribution in [0.15, 0.2) is 42.5 Å². The largest absolute Gasteiger partial charge is 0.497 e. The minimum atomic E-state index is -1.08. The molecule has 0 saturated carbocycles. The molecule has 4 heteroatoms. The molecule has 0 radical (unpaired) electrons. The van der Waals surface area contributed by atoms with E-state index in [1.54, 1.807) is 32.2 Å². The number of rotatable bonds is 4. The summed E-state index contributed by atoms with van der Waals surface area (Å²) in [7, 11) is 1.60. The van der Waals surface area contributed by atoms with E-state index in [1.165, 1.54) is 0 Å². The maximum Gasteiger partial charge on any atom is 0.119 e. The van der Waals surface area contributed by atoms with E-state index >= 15 is 0 Å². The molecular weight excluding hydrogens is 295 g/mol. The summed E-state index contributed by atoms with van der Waals surface area (Å²) >= 11 is 12.3. The fraction of sp³-hybridized carbons (Fsp3) is 0.250. The summed E-state index contributed by atoms with van der Waals surface area (Å²) < 4.78 is 5.18. The summed E-state index contributed by atoms with van der Waals surface area (Å²) in [6.45, 7) is 1.74. The van der Waals surface area contributed by atoms with E-state index in [4.69, 9.17) is 27.9 Å². The topological polar surface area (TPSA) is 29.5 Å². The standard InChI is InChI=1S/C16H16Cl2O2/c1-16(19,11-5-3-6-12(9-11)20-2)10-13-14(17)7-4-8-15(13)18/h3-9,19H,10H2,1-2H3.